The third-order valence-corrected chi connectivity index (χ3v) is 5.90. The van der Waals surface area contributed by atoms with Gasteiger partial charge in [0.2, 0.25) is 0 Å². The second-order valence-electron chi connectivity index (χ2n) is 7.52. The van der Waals surface area contributed by atoms with Gasteiger partial charge in [-0.25, -0.2) is 0 Å². The van der Waals surface area contributed by atoms with Gasteiger partial charge in [-0.3, -0.25) is 0 Å². The van der Waals surface area contributed by atoms with Gasteiger partial charge in [0.25, 0.3) is 0 Å². The van der Waals surface area contributed by atoms with Crippen molar-refractivity contribution in [2.45, 2.75) is 12.8 Å². The van der Waals surface area contributed by atoms with Crippen LogP contribution in [0.1, 0.15) is 24.0 Å². The van der Waals surface area contributed by atoms with Crippen molar-refractivity contribution in [3.05, 3.63) is 47.5 Å². The van der Waals surface area contributed by atoms with Gasteiger partial charge in [-0.05, 0) is 36.8 Å². The average molecular weight is 441 g/mol. The molecular formula is C26H32O6. The Bertz CT molecular complexity index is 899. The highest BCUT2D eigenvalue weighted by Crippen LogP contribution is 2.41. The quantitative estimate of drug-likeness (QED) is 0.487. The number of ether oxygens (including phenoxy) is 6. The number of rotatable bonds is 10. The molecule has 2 aromatic rings. The number of benzene rings is 2. The highest BCUT2D eigenvalue weighted by molar-refractivity contribution is 5.65. The smallest absolute Gasteiger partial charge is 0.164 e. The second kappa shape index (κ2) is 10.8. The van der Waals surface area contributed by atoms with Crippen LogP contribution in [-0.4, -0.2) is 42.7 Å². The fourth-order valence-corrected chi connectivity index (χ4v) is 3.85. The van der Waals surface area contributed by atoms with Gasteiger partial charge in [0.05, 0.1) is 42.7 Å². The van der Waals surface area contributed by atoms with Crippen LogP contribution in [0.15, 0.2) is 36.4 Å². The summed E-state index contributed by atoms with van der Waals surface area (Å²) in [5, 5.41) is 0. The predicted molar refractivity (Wildman–Crippen MR) is 126 cm³/mol. The lowest BCUT2D eigenvalue weighted by molar-refractivity contribution is 0.288. The first-order valence-electron chi connectivity index (χ1n) is 10.5. The van der Waals surface area contributed by atoms with Gasteiger partial charge in [-0.15, -0.1) is 0 Å². The van der Waals surface area contributed by atoms with E-state index in [1.165, 1.54) is 0 Å². The number of methoxy groups -OCH3 is 6. The molecule has 0 radical (unpaired) electrons. The van der Waals surface area contributed by atoms with Crippen LogP contribution in [0.25, 0.3) is 12.2 Å². The summed E-state index contributed by atoms with van der Waals surface area (Å²) < 4.78 is 32.7. The van der Waals surface area contributed by atoms with Crippen molar-refractivity contribution >= 4 is 12.2 Å². The summed E-state index contributed by atoms with van der Waals surface area (Å²) in [4.78, 5) is 0. The van der Waals surface area contributed by atoms with Crippen LogP contribution in [0.3, 0.4) is 0 Å². The Kier molecular flexibility index (Phi) is 7.92. The molecule has 172 valence electrons. The van der Waals surface area contributed by atoms with Crippen LogP contribution in [0.2, 0.25) is 0 Å². The van der Waals surface area contributed by atoms with E-state index in [4.69, 9.17) is 28.4 Å². The Labute approximate surface area is 190 Å². The van der Waals surface area contributed by atoms with Crippen molar-refractivity contribution in [1.29, 1.82) is 0 Å². The summed E-state index contributed by atoms with van der Waals surface area (Å²) in [6.07, 6.45) is 11.0. The molecule has 6 heteroatoms. The molecule has 0 N–H and O–H groups in total. The van der Waals surface area contributed by atoms with Crippen LogP contribution in [0.5, 0.6) is 34.5 Å². The number of hydrogen-bond acceptors (Lipinski definition) is 6. The lowest BCUT2D eigenvalue weighted by Gasteiger charge is -2.32. The molecule has 1 fully saturated rings. The van der Waals surface area contributed by atoms with Crippen molar-refractivity contribution in [1.82, 2.24) is 0 Å². The van der Waals surface area contributed by atoms with E-state index < -0.39 is 0 Å². The van der Waals surface area contributed by atoms with Gasteiger partial charge in [-0.1, -0.05) is 24.3 Å². The zero-order valence-corrected chi connectivity index (χ0v) is 19.6. The van der Waals surface area contributed by atoms with Crippen LogP contribution in [-0.2, 0) is 0 Å². The molecule has 0 amide bonds. The summed E-state index contributed by atoms with van der Waals surface area (Å²) >= 11 is 0. The molecule has 2 aromatic carbocycles. The van der Waals surface area contributed by atoms with E-state index in [1.54, 1.807) is 42.7 Å². The largest absolute Gasteiger partial charge is 0.496 e. The van der Waals surface area contributed by atoms with Gasteiger partial charge in [-0.2, -0.15) is 0 Å². The Morgan fingerprint density at radius 3 is 1.09 bits per heavy atom. The molecule has 32 heavy (non-hydrogen) atoms. The monoisotopic (exact) mass is 440 g/mol. The van der Waals surface area contributed by atoms with E-state index in [1.807, 2.05) is 24.3 Å². The molecule has 2 atom stereocenters. The van der Waals surface area contributed by atoms with Crippen LogP contribution >= 0.6 is 0 Å². The normalized spacial score (nSPS) is 17.8. The van der Waals surface area contributed by atoms with Gasteiger partial charge >= 0.3 is 0 Å². The molecule has 3 rings (SSSR count). The van der Waals surface area contributed by atoms with E-state index >= 15 is 0 Å². The topological polar surface area (TPSA) is 55.4 Å². The molecule has 0 aromatic heterocycles. The lowest BCUT2D eigenvalue weighted by atomic mass is 9.73. The fraction of sp³-hybridized carbons (Fsp3) is 0.385. The summed E-state index contributed by atoms with van der Waals surface area (Å²) in [6, 6.07) is 7.57. The molecule has 0 heterocycles. The van der Waals surface area contributed by atoms with Crippen LogP contribution in [0.4, 0.5) is 0 Å². The van der Waals surface area contributed by atoms with Crippen molar-refractivity contribution < 1.29 is 28.4 Å². The standard InChI is InChI=1S/C26H32O6/c1-27-21-15-25(31-5)23(29-3)13-19(21)11-9-17-7-8-18(17)10-12-20-14-24(30-4)26(32-6)16-22(20)28-2/h9-18H,7-8H2,1-6H3/b11-9-,12-10-/t17-,18+. The summed E-state index contributed by atoms with van der Waals surface area (Å²) in [7, 11) is 9.81. The third-order valence-electron chi connectivity index (χ3n) is 5.90. The number of hydrogen-bond donors (Lipinski definition) is 0. The van der Waals surface area contributed by atoms with E-state index in [-0.39, 0.29) is 0 Å². The minimum absolute atomic E-state index is 0.454. The average Bonchev–Trinajstić information content (AvgIpc) is 2.82. The lowest BCUT2D eigenvalue weighted by Crippen LogP contribution is -2.21. The van der Waals surface area contributed by atoms with Gasteiger partial charge in [0, 0.05) is 23.3 Å². The first-order valence-corrected chi connectivity index (χ1v) is 10.5. The maximum atomic E-state index is 5.53. The Morgan fingerprint density at radius 1 is 0.500 bits per heavy atom. The van der Waals surface area contributed by atoms with Gasteiger partial charge in [0.1, 0.15) is 11.5 Å². The zero-order chi connectivity index (χ0) is 23.1. The van der Waals surface area contributed by atoms with Crippen molar-refractivity contribution in [2.75, 3.05) is 42.7 Å². The zero-order valence-electron chi connectivity index (χ0n) is 19.6. The maximum absolute atomic E-state index is 5.53. The molecule has 0 saturated heterocycles. The first kappa shape index (κ1) is 23.4. The minimum atomic E-state index is 0.454. The van der Waals surface area contributed by atoms with Gasteiger partial charge in [0.15, 0.2) is 23.0 Å². The molecule has 1 aliphatic rings. The van der Waals surface area contributed by atoms with Crippen LogP contribution < -0.4 is 28.4 Å². The summed E-state index contributed by atoms with van der Waals surface area (Å²) in [5.74, 6) is 5.06. The molecular weight excluding hydrogens is 408 g/mol. The molecule has 0 unspecified atom stereocenters. The molecule has 0 bridgehead atoms. The van der Waals surface area contributed by atoms with E-state index in [2.05, 4.69) is 24.3 Å². The van der Waals surface area contributed by atoms with Gasteiger partial charge < -0.3 is 28.4 Å². The molecule has 0 aliphatic heterocycles. The molecule has 0 spiro atoms. The molecule has 1 saturated carbocycles. The Balaban J connectivity index is 1.77. The van der Waals surface area contributed by atoms with Crippen LogP contribution in [0, 0.1) is 11.8 Å². The number of allylic oxidation sites excluding steroid dienone is 2. The minimum Gasteiger partial charge on any atom is -0.496 e. The highest BCUT2D eigenvalue weighted by Gasteiger charge is 2.26. The van der Waals surface area contributed by atoms with Crippen molar-refractivity contribution in [3.8, 4) is 34.5 Å². The molecule has 6 nitrogen and oxygen atoms in total. The van der Waals surface area contributed by atoms with Crippen molar-refractivity contribution in [3.63, 3.8) is 0 Å². The summed E-state index contributed by atoms with van der Waals surface area (Å²) in [6.45, 7) is 0. The highest BCUT2D eigenvalue weighted by atomic mass is 16.5. The van der Waals surface area contributed by atoms with E-state index in [9.17, 15) is 0 Å². The second-order valence-corrected chi connectivity index (χ2v) is 7.52. The predicted octanol–water partition coefficient (Wildman–Crippen LogP) is 5.49. The Hall–Kier alpha value is -3.28. The van der Waals surface area contributed by atoms with Crippen molar-refractivity contribution in [2.24, 2.45) is 11.8 Å². The fourth-order valence-electron chi connectivity index (χ4n) is 3.85. The maximum Gasteiger partial charge on any atom is 0.164 e. The SMILES string of the molecule is COc1cc(OC)c(OC)cc1/C=C\[C@@H]1CC[C@@H]1/C=C\c1cc(OC)c(OC)cc1OC. The first-order chi connectivity index (χ1) is 15.6. The van der Waals surface area contributed by atoms with E-state index in [0.717, 1.165) is 35.5 Å². The third kappa shape index (κ3) is 4.96. The van der Waals surface area contributed by atoms with E-state index in [0.29, 0.717) is 34.8 Å². The molecule has 1 aliphatic carbocycles. The Morgan fingerprint density at radius 2 is 0.812 bits per heavy atom. The summed E-state index contributed by atoms with van der Waals surface area (Å²) in [5.41, 5.74) is 1.92.